The van der Waals surface area contributed by atoms with Gasteiger partial charge in [-0.15, -0.1) is 0 Å². The maximum absolute atomic E-state index is 13.6. The van der Waals surface area contributed by atoms with Crippen LogP contribution in [-0.4, -0.2) is 82.5 Å². The van der Waals surface area contributed by atoms with E-state index in [1.54, 1.807) is 33.9 Å². The van der Waals surface area contributed by atoms with Crippen molar-refractivity contribution in [3.63, 3.8) is 0 Å². The van der Waals surface area contributed by atoms with Crippen LogP contribution in [-0.2, 0) is 25.6 Å². The highest BCUT2D eigenvalue weighted by Gasteiger charge is 2.44. The van der Waals surface area contributed by atoms with E-state index in [1.165, 1.54) is 4.90 Å². The van der Waals surface area contributed by atoms with Crippen molar-refractivity contribution in [1.82, 2.24) is 15.5 Å². The fourth-order valence-electron chi connectivity index (χ4n) is 4.81. The molecule has 0 bridgehead atoms. The molecule has 1 aromatic rings. The van der Waals surface area contributed by atoms with Crippen LogP contribution >= 0.6 is 0 Å². The van der Waals surface area contributed by atoms with Gasteiger partial charge in [-0.25, -0.2) is 4.79 Å². The highest BCUT2D eigenvalue weighted by molar-refractivity contribution is 5.92. The number of hydrogen-bond donors (Lipinski definition) is 4. The minimum atomic E-state index is -1.09. The number of hydrogen-bond acceptors (Lipinski definition) is 8. The maximum atomic E-state index is 13.6. The summed E-state index contributed by atoms with van der Waals surface area (Å²) in [5.41, 5.74) is 1.69. The quantitative estimate of drug-likeness (QED) is 0.332. The Morgan fingerprint density at radius 1 is 1.12 bits per heavy atom. The van der Waals surface area contributed by atoms with Gasteiger partial charge in [-0.2, -0.15) is 0 Å². The Bertz CT molecular complexity index is 1160. The van der Waals surface area contributed by atoms with Crippen molar-refractivity contribution in [2.75, 3.05) is 13.2 Å². The molecule has 0 radical (unpaired) electrons. The number of rotatable bonds is 9. The average molecular weight is 573 g/mol. The van der Waals surface area contributed by atoms with Crippen LogP contribution < -0.4 is 10.6 Å². The molecule has 3 amide bonds. The van der Waals surface area contributed by atoms with Gasteiger partial charge in [0.25, 0.3) is 0 Å². The third kappa shape index (κ3) is 8.61. The summed E-state index contributed by atoms with van der Waals surface area (Å²) in [5, 5.41) is 26.1. The Labute approximate surface area is 242 Å². The number of aliphatic hydroxyl groups excluding tert-OH is 2. The molecular formula is C30H44N4O7. The van der Waals surface area contributed by atoms with Gasteiger partial charge in [0.05, 0.1) is 11.8 Å². The minimum Gasteiger partial charge on any atom is -0.444 e. The number of likely N-dealkylation sites (tertiary alicyclic amines) is 1. The molecule has 4 atom stereocenters. The number of ether oxygens (including phenoxy) is 2. The van der Waals surface area contributed by atoms with Crippen LogP contribution in [0.25, 0.3) is 5.57 Å². The number of carbonyl (C=O) groups is 3. The minimum absolute atomic E-state index is 0.0126. The van der Waals surface area contributed by atoms with Crippen molar-refractivity contribution in [2.24, 2.45) is 10.4 Å². The lowest BCUT2D eigenvalue weighted by Gasteiger charge is -2.35. The number of nitrogens with one attached hydrogen (secondary N) is 2. The van der Waals surface area contributed by atoms with Gasteiger partial charge in [0.15, 0.2) is 6.29 Å². The predicted octanol–water partition coefficient (Wildman–Crippen LogP) is 2.74. The van der Waals surface area contributed by atoms with E-state index in [0.29, 0.717) is 18.7 Å². The normalized spacial score (nSPS) is 20.7. The molecule has 2 aliphatic rings. The first-order valence-electron chi connectivity index (χ1n) is 14.0. The average Bonchev–Trinajstić information content (AvgIpc) is 3.51. The summed E-state index contributed by atoms with van der Waals surface area (Å²) in [6, 6.07) is 5.69. The second kappa shape index (κ2) is 13.1. The summed E-state index contributed by atoms with van der Waals surface area (Å²) in [4.78, 5) is 45.0. The van der Waals surface area contributed by atoms with Gasteiger partial charge < -0.3 is 35.2 Å². The maximum Gasteiger partial charge on any atom is 0.408 e. The Morgan fingerprint density at radius 2 is 1.78 bits per heavy atom. The van der Waals surface area contributed by atoms with E-state index < -0.39 is 53.4 Å². The molecule has 1 unspecified atom stereocenters. The highest BCUT2D eigenvalue weighted by atomic mass is 16.6. The molecule has 0 aromatic heterocycles. The molecular weight excluding hydrogens is 528 g/mol. The molecule has 2 heterocycles. The zero-order valence-electron chi connectivity index (χ0n) is 25.1. The predicted molar refractivity (Wildman–Crippen MR) is 155 cm³/mol. The van der Waals surface area contributed by atoms with E-state index in [-0.39, 0.29) is 19.5 Å². The molecule has 11 nitrogen and oxygen atoms in total. The molecule has 1 saturated heterocycles. The van der Waals surface area contributed by atoms with Gasteiger partial charge in [0.1, 0.15) is 17.7 Å². The van der Waals surface area contributed by atoms with E-state index in [0.717, 1.165) is 16.7 Å². The molecule has 0 aliphatic carbocycles. The summed E-state index contributed by atoms with van der Waals surface area (Å²) in [6.07, 6.45) is -0.260. The Morgan fingerprint density at radius 3 is 2.37 bits per heavy atom. The van der Waals surface area contributed by atoms with Crippen LogP contribution in [0.5, 0.6) is 0 Å². The van der Waals surface area contributed by atoms with Gasteiger partial charge in [0, 0.05) is 38.8 Å². The monoisotopic (exact) mass is 572 g/mol. The third-order valence-corrected chi connectivity index (χ3v) is 6.80. The summed E-state index contributed by atoms with van der Waals surface area (Å²) >= 11 is 0. The number of aliphatic imine (C=N–C) groups is 1. The second-order valence-electron chi connectivity index (χ2n) is 12.4. The lowest BCUT2D eigenvalue weighted by atomic mass is 9.85. The van der Waals surface area contributed by atoms with Gasteiger partial charge in [-0.3, -0.25) is 14.6 Å². The van der Waals surface area contributed by atoms with Crippen molar-refractivity contribution in [1.29, 1.82) is 0 Å². The first kappa shape index (κ1) is 32.2. The first-order chi connectivity index (χ1) is 19.1. The van der Waals surface area contributed by atoms with Crippen LogP contribution in [0.4, 0.5) is 4.79 Å². The molecule has 226 valence electrons. The third-order valence-electron chi connectivity index (χ3n) is 6.80. The topological polar surface area (TPSA) is 150 Å². The molecule has 4 N–H and O–H groups in total. The van der Waals surface area contributed by atoms with E-state index >= 15 is 0 Å². The summed E-state index contributed by atoms with van der Waals surface area (Å²) in [6.45, 7) is 13.0. The molecule has 41 heavy (non-hydrogen) atoms. The number of nitrogens with zero attached hydrogens (tertiary/aromatic N) is 2. The summed E-state index contributed by atoms with van der Waals surface area (Å²) in [5.74, 6) is -0.848. The van der Waals surface area contributed by atoms with Crippen molar-refractivity contribution in [3.8, 4) is 0 Å². The van der Waals surface area contributed by atoms with E-state index in [1.807, 2.05) is 45.0 Å². The fraction of sp³-hybridized carbons (Fsp3) is 0.600. The lowest BCUT2D eigenvalue weighted by molar-refractivity contribution is -0.142. The summed E-state index contributed by atoms with van der Waals surface area (Å²) in [7, 11) is 0. The van der Waals surface area contributed by atoms with Crippen molar-refractivity contribution in [2.45, 2.75) is 97.9 Å². The lowest BCUT2D eigenvalue weighted by Crippen LogP contribution is -2.58. The van der Waals surface area contributed by atoms with Crippen LogP contribution in [0.15, 0.2) is 35.0 Å². The Hall–Kier alpha value is -3.28. The Kier molecular flexibility index (Phi) is 10.3. The van der Waals surface area contributed by atoms with Crippen LogP contribution in [0.1, 0.15) is 72.4 Å². The van der Waals surface area contributed by atoms with Crippen LogP contribution in [0.2, 0.25) is 0 Å². The number of β-amino-alcohol motifs (C(OH)–C–C–N with tert-alkyl or cyclic N) is 1. The summed E-state index contributed by atoms with van der Waals surface area (Å²) < 4.78 is 10.6. The molecule has 1 aromatic carbocycles. The molecule has 1 fully saturated rings. The molecule has 3 rings (SSSR count). The van der Waals surface area contributed by atoms with E-state index in [2.05, 4.69) is 15.6 Å². The van der Waals surface area contributed by atoms with Gasteiger partial charge in [0.2, 0.25) is 11.8 Å². The molecule has 11 heteroatoms. The number of aliphatic hydroxyl groups is 2. The number of allylic oxidation sites excluding steroid dienone is 1. The number of amides is 3. The van der Waals surface area contributed by atoms with Crippen molar-refractivity contribution in [3.05, 3.63) is 41.1 Å². The SMILES string of the molecule is CCOC(O)C1=C(c2ccc(CNC(=O)[C@@H]3C[C@@H](O)CN3C(=O)[C@@H](NC(=O)OC(C)(C)C)C(C)(C)C)cc2)CC=N1. The molecule has 0 saturated carbocycles. The number of alkyl carbamates (subject to hydrolysis) is 1. The van der Waals surface area contributed by atoms with Gasteiger partial charge >= 0.3 is 6.09 Å². The Balaban J connectivity index is 1.67. The zero-order chi connectivity index (χ0) is 30.5. The highest BCUT2D eigenvalue weighted by Crippen LogP contribution is 2.30. The fourth-order valence-corrected chi connectivity index (χ4v) is 4.81. The van der Waals surface area contributed by atoms with E-state index in [4.69, 9.17) is 9.47 Å². The van der Waals surface area contributed by atoms with Gasteiger partial charge in [-0.1, -0.05) is 45.0 Å². The van der Waals surface area contributed by atoms with Crippen molar-refractivity contribution < 1.29 is 34.1 Å². The standard InChI is InChI=1S/C30H44N4O7/c1-8-40-27(38)23-21(13-14-31-23)19-11-9-18(10-12-19)16-32-25(36)22-15-20(35)17-34(22)26(37)24(29(2,3)4)33-28(39)41-30(5,6)7/h9-12,14,20,22,24,27,35,38H,8,13,15-17H2,1-7H3,(H,32,36)(H,33,39)/t20-,22+,24-,27?/m1/s1. The molecule has 0 spiro atoms. The van der Waals surface area contributed by atoms with Crippen molar-refractivity contribution >= 4 is 29.7 Å². The number of benzene rings is 1. The van der Waals surface area contributed by atoms with Crippen LogP contribution in [0.3, 0.4) is 0 Å². The largest absolute Gasteiger partial charge is 0.444 e. The first-order valence-corrected chi connectivity index (χ1v) is 14.0. The number of carbonyl (C=O) groups excluding carboxylic acids is 3. The smallest absolute Gasteiger partial charge is 0.408 e. The molecule has 2 aliphatic heterocycles. The van der Waals surface area contributed by atoms with E-state index in [9.17, 15) is 24.6 Å². The van der Waals surface area contributed by atoms with Gasteiger partial charge in [-0.05, 0) is 49.8 Å². The second-order valence-corrected chi connectivity index (χ2v) is 12.4. The zero-order valence-corrected chi connectivity index (χ0v) is 25.1. The van der Waals surface area contributed by atoms with Crippen LogP contribution in [0, 0.1) is 5.41 Å².